The lowest BCUT2D eigenvalue weighted by Crippen LogP contribution is -2.26. The van der Waals surface area contributed by atoms with Crippen LogP contribution in [0.3, 0.4) is 0 Å². The quantitative estimate of drug-likeness (QED) is 0.337. The van der Waals surface area contributed by atoms with Gasteiger partial charge in [-0.3, -0.25) is 14.3 Å². The molecule has 11 heavy (non-hydrogen) atoms. The van der Waals surface area contributed by atoms with Crippen molar-refractivity contribution in [2.45, 2.75) is 13.0 Å². The van der Waals surface area contributed by atoms with Gasteiger partial charge in [0.05, 0.1) is 7.11 Å². The molecule has 0 amide bonds. The van der Waals surface area contributed by atoms with Gasteiger partial charge in [0, 0.05) is 11.8 Å². The molecule has 0 aliphatic rings. The van der Waals surface area contributed by atoms with E-state index in [2.05, 4.69) is 4.18 Å². The third kappa shape index (κ3) is 3.89. The second-order valence-electron chi connectivity index (χ2n) is 2.03. The smallest absolute Gasteiger partial charge is 0.273 e. The van der Waals surface area contributed by atoms with Gasteiger partial charge in [0.25, 0.3) is 10.1 Å². The normalized spacial score (nSPS) is 14.4. The molecule has 0 saturated heterocycles. The van der Waals surface area contributed by atoms with E-state index in [1.807, 2.05) is 0 Å². The highest BCUT2D eigenvalue weighted by Gasteiger charge is 2.22. The van der Waals surface area contributed by atoms with E-state index >= 15 is 0 Å². The number of rotatable bonds is 4. The molecular weight excluding hydrogens is 174 g/mol. The fraction of sp³-hybridized carbons (Fsp3) is 1.00. The Labute approximate surface area is 64.4 Å². The summed E-state index contributed by atoms with van der Waals surface area (Å²) in [4.78, 5) is 9.31. The first-order valence-electron chi connectivity index (χ1n) is 2.81. The molecule has 0 aromatic carbocycles. The Morgan fingerprint density at radius 3 is 2.36 bits per heavy atom. The van der Waals surface area contributed by atoms with E-state index in [1.165, 1.54) is 6.92 Å². The zero-order valence-corrected chi connectivity index (χ0v) is 7.00. The van der Waals surface area contributed by atoms with Crippen molar-refractivity contribution in [1.82, 2.24) is 0 Å². The molecular formula is C4H9NO5S. The Bertz CT molecular complexity index is 233. The topological polar surface area (TPSA) is 86.5 Å². The minimum atomic E-state index is -3.71. The first-order chi connectivity index (χ1) is 4.89. The van der Waals surface area contributed by atoms with E-state index in [4.69, 9.17) is 0 Å². The number of hydrogen-bond acceptors (Lipinski definition) is 5. The molecule has 0 heterocycles. The minimum Gasteiger partial charge on any atom is -0.273 e. The molecule has 0 spiro atoms. The molecule has 0 saturated carbocycles. The van der Waals surface area contributed by atoms with Crippen molar-refractivity contribution >= 4 is 10.1 Å². The van der Waals surface area contributed by atoms with Crippen molar-refractivity contribution in [3.8, 4) is 0 Å². The van der Waals surface area contributed by atoms with Crippen LogP contribution in [0.1, 0.15) is 6.92 Å². The van der Waals surface area contributed by atoms with Crippen LogP contribution in [0.4, 0.5) is 0 Å². The van der Waals surface area contributed by atoms with Crippen molar-refractivity contribution < 1.29 is 17.5 Å². The van der Waals surface area contributed by atoms with Gasteiger partial charge in [-0.15, -0.1) is 0 Å². The van der Waals surface area contributed by atoms with Crippen LogP contribution in [0.5, 0.6) is 0 Å². The van der Waals surface area contributed by atoms with E-state index in [1.54, 1.807) is 0 Å². The van der Waals surface area contributed by atoms with Gasteiger partial charge >= 0.3 is 0 Å². The second-order valence-corrected chi connectivity index (χ2v) is 3.81. The summed E-state index contributed by atoms with van der Waals surface area (Å²) < 4.78 is 25.2. The highest BCUT2D eigenvalue weighted by molar-refractivity contribution is 7.86. The maximum absolute atomic E-state index is 10.6. The maximum Gasteiger partial charge on any atom is 0.273 e. The molecule has 1 atom stereocenters. The average Bonchev–Trinajstić information content (AvgIpc) is 1.87. The summed E-state index contributed by atoms with van der Waals surface area (Å²) in [6.45, 7) is 1.20. The summed E-state index contributed by atoms with van der Waals surface area (Å²) >= 11 is 0. The van der Waals surface area contributed by atoms with Crippen LogP contribution in [-0.4, -0.2) is 32.2 Å². The summed E-state index contributed by atoms with van der Waals surface area (Å²) in [5.74, 6) is -0.587. The van der Waals surface area contributed by atoms with Crippen LogP contribution in [-0.2, 0) is 14.3 Å². The Morgan fingerprint density at radius 2 is 2.09 bits per heavy atom. The summed E-state index contributed by atoms with van der Waals surface area (Å²) in [6, 6.07) is -1.13. The summed E-state index contributed by atoms with van der Waals surface area (Å²) in [5, 5.41) is 9.98. The predicted octanol–water partition coefficient (Wildman–Crippen LogP) is -0.372. The van der Waals surface area contributed by atoms with Gasteiger partial charge in [0.15, 0.2) is 0 Å². The number of nitro groups is 1. The van der Waals surface area contributed by atoms with Crippen LogP contribution in [0, 0.1) is 10.1 Å². The highest BCUT2D eigenvalue weighted by Crippen LogP contribution is 1.97. The molecule has 0 bridgehead atoms. The lowest BCUT2D eigenvalue weighted by atomic mass is 10.4. The lowest BCUT2D eigenvalue weighted by Gasteiger charge is -2.02. The predicted molar refractivity (Wildman–Crippen MR) is 37.3 cm³/mol. The molecule has 0 N–H and O–H groups in total. The summed E-state index contributed by atoms with van der Waals surface area (Å²) in [6.07, 6.45) is 0. The third-order valence-electron chi connectivity index (χ3n) is 1.06. The lowest BCUT2D eigenvalue weighted by molar-refractivity contribution is -0.512. The average molecular weight is 183 g/mol. The molecule has 0 aliphatic carbocycles. The molecule has 7 heteroatoms. The van der Waals surface area contributed by atoms with E-state index < -0.39 is 26.8 Å². The molecule has 0 fully saturated rings. The second kappa shape index (κ2) is 3.63. The highest BCUT2D eigenvalue weighted by atomic mass is 32.2. The first-order valence-corrected chi connectivity index (χ1v) is 4.38. The van der Waals surface area contributed by atoms with Gasteiger partial charge in [0.1, 0.15) is 5.75 Å². The van der Waals surface area contributed by atoms with Gasteiger partial charge in [-0.1, -0.05) is 0 Å². The fourth-order valence-corrected chi connectivity index (χ4v) is 1.27. The van der Waals surface area contributed by atoms with Gasteiger partial charge in [-0.25, -0.2) is 0 Å². The number of hydrogen-bond donors (Lipinski definition) is 0. The van der Waals surface area contributed by atoms with Crippen LogP contribution >= 0.6 is 0 Å². The van der Waals surface area contributed by atoms with E-state index in [9.17, 15) is 18.5 Å². The molecule has 66 valence electrons. The molecule has 1 unspecified atom stereocenters. The van der Waals surface area contributed by atoms with Gasteiger partial charge in [-0.2, -0.15) is 8.42 Å². The van der Waals surface area contributed by atoms with E-state index in [0.717, 1.165) is 7.11 Å². The number of nitrogens with zero attached hydrogens (tertiary/aromatic N) is 1. The summed E-state index contributed by atoms with van der Waals surface area (Å²) in [7, 11) is -2.73. The van der Waals surface area contributed by atoms with Crippen LogP contribution in [0.25, 0.3) is 0 Å². The van der Waals surface area contributed by atoms with E-state index in [-0.39, 0.29) is 0 Å². The largest absolute Gasteiger partial charge is 0.273 e. The van der Waals surface area contributed by atoms with Gasteiger partial charge in [-0.05, 0) is 0 Å². The Kier molecular flexibility index (Phi) is 3.40. The Balaban J connectivity index is 4.16. The van der Waals surface area contributed by atoms with E-state index in [0.29, 0.717) is 0 Å². The fourth-order valence-electron chi connectivity index (χ4n) is 0.424. The molecule has 0 rings (SSSR count). The zero-order chi connectivity index (χ0) is 9.07. The van der Waals surface area contributed by atoms with Crippen molar-refractivity contribution in [3.63, 3.8) is 0 Å². The van der Waals surface area contributed by atoms with Gasteiger partial charge in [0.2, 0.25) is 6.04 Å². The van der Waals surface area contributed by atoms with Gasteiger partial charge < -0.3 is 0 Å². The van der Waals surface area contributed by atoms with Crippen molar-refractivity contribution in [2.75, 3.05) is 12.9 Å². The molecule has 0 aromatic heterocycles. The Morgan fingerprint density at radius 1 is 1.64 bits per heavy atom. The molecule has 0 aliphatic heterocycles. The summed E-state index contributed by atoms with van der Waals surface area (Å²) in [5.41, 5.74) is 0. The van der Waals surface area contributed by atoms with Crippen molar-refractivity contribution in [2.24, 2.45) is 0 Å². The zero-order valence-electron chi connectivity index (χ0n) is 6.18. The monoisotopic (exact) mass is 183 g/mol. The van der Waals surface area contributed by atoms with Crippen molar-refractivity contribution in [1.29, 1.82) is 0 Å². The Hall–Kier alpha value is -0.690. The van der Waals surface area contributed by atoms with Crippen LogP contribution in [0.2, 0.25) is 0 Å². The maximum atomic E-state index is 10.6. The van der Waals surface area contributed by atoms with Crippen molar-refractivity contribution in [3.05, 3.63) is 10.1 Å². The molecule has 0 aromatic rings. The molecule has 6 nitrogen and oxygen atoms in total. The first kappa shape index (κ1) is 10.3. The third-order valence-corrected chi connectivity index (χ3v) is 2.46. The minimum absolute atomic E-state index is 0.587. The van der Waals surface area contributed by atoms with Crippen LogP contribution in [0.15, 0.2) is 0 Å². The standard InChI is InChI=1S/C4H9NO5S/c1-4(5(6)7)3-11(8,9)10-2/h4H,3H2,1-2H3. The van der Waals surface area contributed by atoms with Crippen LogP contribution < -0.4 is 0 Å². The SMILES string of the molecule is COS(=O)(=O)CC(C)[N+](=O)[O-]. The molecule has 0 radical (unpaired) electrons.